The van der Waals surface area contributed by atoms with Crippen LogP contribution in [-0.4, -0.2) is 36.2 Å². The third-order valence-electron chi connectivity index (χ3n) is 2.30. The standard InChI is InChI=1S/C10H17NO/c1-2-3-4-5-10-8-11(9-10)6-7-12/h10,12H,4-9H2,1H3. The molecule has 0 saturated carbocycles. The van der Waals surface area contributed by atoms with E-state index in [4.69, 9.17) is 5.11 Å². The number of β-amino-alcohol motifs (C(OH)–C–C–N with tert-alkyl or cyclic N) is 1. The van der Waals surface area contributed by atoms with Crippen LogP contribution in [0, 0.1) is 17.8 Å². The Morgan fingerprint density at radius 1 is 1.50 bits per heavy atom. The lowest BCUT2D eigenvalue weighted by atomic mass is 9.95. The number of aliphatic hydroxyl groups excluding tert-OH is 1. The molecule has 0 radical (unpaired) electrons. The quantitative estimate of drug-likeness (QED) is 0.623. The summed E-state index contributed by atoms with van der Waals surface area (Å²) in [6, 6.07) is 0. The van der Waals surface area contributed by atoms with Crippen molar-refractivity contribution in [3.05, 3.63) is 0 Å². The molecule has 2 nitrogen and oxygen atoms in total. The van der Waals surface area contributed by atoms with E-state index in [1.807, 2.05) is 6.92 Å². The highest BCUT2D eigenvalue weighted by Crippen LogP contribution is 2.19. The lowest BCUT2D eigenvalue weighted by molar-refractivity contribution is 0.0742. The fourth-order valence-electron chi connectivity index (χ4n) is 1.58. The molecule has 0 atom stereocenters. The van der Waals surface area contributed by atoms with Crippen LogP contribution >= 0.6 is 0 Å². The molecule has 1 aliphatic rings. The number of likely N-dealkylation sites (tertiary alicyclic amines) is 1. The van der Waals surface area contributed by atoms with Crippen molar-refractivity contribution in [2.45, 2.75) is 19.8 Å². The van der Waals surface area contributed by atoms with E-state index < -0.39 is 0 Å². The lowest BCUT2D eigenvalue weighted by Crippen LogP contribution is -2.47. The van der Waals surface area contributed by atoms with Crippen molar-refractivity contribution >= 4 is 0 Å². The van der Waals surface area contributed by atoms with Gasteiger partial charge >= 0.3 is 0 Å². The summed E-state index contributed by atoms with van der Waals surface area (Å²) in [5.74, 6) is 6.81. The van der Waals surface area contributed by atoms with E-state index in [9.17, 15) is 0 Å². The topological polar surface area (TPSA) is 23.5 Å². The van der Waals surface area contributed by atoms with Gasteiger partial charge in [0.25, 0.3) is 0 Å². The van der Waals surface area contributed by atoms with Gasteiger partial charge in [-0.05, 0) is 19.3 Å². The fourth-order valence-corrected chi connectivity index (χ4v) is 1.58. The van der Waals surface area contributed by atoms with Gasteiger partial charge in [0.1, 0.15) is 0 Å². The molecule has 1 rings (SSSR count). The zero-order chi connectivity index (χ0) is 8.81. The van der Waals surface area contributed by atoms with Crippen LogP contribution < -0.4 is 0 Å². The van der Waals surface area contributed by atoms with Crippen molar-refractivity contribution in [3.63, 3.8) is 0 Å². The largest absolute Gasteiger partial charge is 0.395 e. The average Bonchev–Trinajstić information content (AvgIpc) is 2.00. The third-order valence-corrected chi connectivity index (χ3v) is 2.30. The predicted octanol–water partition coefficient (Wildman–Crippen LogP) is 0.714. The molecule has 0 aliphatic carbocycles. The zero-order valence-corrected chi connectivity index (χ0v) is 7.71. The maximum Gasteiger partial charge on any atom is 0.0558 e. The lowest BCUT2D eigenvalue weighted by Gasteiger charge is -2.38. The Hall–Kier alpha value is -0.520. The summed E-state index contributed by atoms with van der Waals surface area (Å²) in [6.45, 7) is 5.34. The zero-order valence-electron chi connectivity index (χ0n) is 7.71. The fraction of sp³-hybridized carbons (Fsp3) is 0.800. The van der Waals surface area contributed by atoms with E-state index in [0.717, 1.165) is 32.0 Å². The Bertz CT molecular complexity index is 174. The number of hydrogen-bond acceptors (Lipinski definition) is 2. The van der Waals surface area contributed by atoms with Gasteiger partial charge in [0.15, 0.2) is 0 Å². The van der Waals surface area contributed by atoms with Crippen molar-refractivity contribution in [2.24, 2.45) is 5.92 Å². The normalized spacial score (nSPS) is 18.2. The Morgan fingerprint density at radius 2 is 2.25 bits per heavy atom. The van der Waals surface area contributed by atoms with Crippen LogP contribution in [0.1, 0.15) is 19.8 Å². The van der Waals surface area contributed by atoms with Crippen LogP contribution in [0.15, 0.2) is 0 Å². The van der Waals surface area contributed by atoms with Crippen LogP contribution in [-0.2, 0) is 0 Å². The summed E-state index contributed by atoms with van der Waals surface area (Å²) in [5, 5.41) is 8.64. The van der Waals surface area contributed by atoms with E-state index >= 15 is 0 Å². The second-order valence-electron chi connectivity index (χ2n) is 3.31. The predicted molar refractivity (Wildman–Crippen MR) is 49.7 cm³/mol. The molecular weight excluding hydrogens is 150 g/mol. The molecule has 1 saturated heterocycles. The smallest absolute Gasteiger partial charge is 0.0558 e. The highest BCUT2D eigenvalue weighted by molar-refractivity contribution is 4.96. The van der Waals surface area contributed by atoms with Gasteiger partial charge in [0, 0.05) is 26.1 Å². The average molecular weight is 167 g/mol. The molecule has 0 aromatic carbocycles. The molecule has 12 heavy (non-hydrogen) atoms. The summed E-state index contributed by atoms with van der Waals surface area (Å²) in [5.41, 5.74) is 0. The second kappa shape index (κ2) is 5.18. The van der Waals surface area contributed by atoms with Gasteiger partial charge in [-0.25, -0.2) is 0 Å². The van der Waals surface area contributed by atoms with Gasteiger partial charge in [-0.2, -0.15) is 0 Å². The molecule has 0 aromatic heterocycles. The summed E-state index contributed by atoms with van der Waals surface area (Å²) >= 11 is 0. The molecule has 1 aliphatic heterocycles. The van der Waals surface area contributed by atoms with Gasteiger partial charge in [-0.3, -0.25) is 0 Å². The Kier molecular flexibility index (Phi) is 4.13. The molecule has 0 bridgehead atoms. The molecule has 1 fully saturated rings. The van der Waals surface area contributed by atoms with Crippen molar-refractivity contribution in [1.82, 2.24) is 4.90 Å². The first-order chi connectivity index (χ1) is 5.86. The van der Waals surface area contributed by atoms with Gasteiger partial charge in [0.05, 0.1) is 6.61 Å². The molecule has 1 heterocycles. The molecule has 1 N–H and O–H groups in total. The van der Waals surface area contributed by atoms with Crippen molar-refractivity contribution in [2.75, 3.05) is 26.2 Å². The second-order valence-corrected chi connectivity index (χ2v) is 3.31. The van der Waals surface area contributed by atoms with Crippen molar-refractivity contribution in [3.8, 4) is 11.8 Å². The maximum atomic E-state index is 8.64. The molecule has 0 unspecified atom stereocenters. The van der Waals surface area contributed by atoms with Gasteiger partial charge in [-0.15, -0.1) is 11.8 Å². The summed E-state index contributed by atoms with van der Waals surface area (Å²) in [4.78, 5) is 2.28. The first-order valence-electron chi connectivity index (χ1n) is 4.59. The third kappa shape index (κ3) is 2.84. The molecular formula is C10H17NO. The number of aliphatic hydroxyl groups is 1. The van der Waals surface area contributed by atoms with E-state index in [1.54, 1.807) is 0 Å². The van der Waals surface area contributed by atoms with Gasteiger partial charge < -0.3 is 10.0 Å². The summed E-state index contributed by atoms with van der Waals surface area (Å²) in [6.07, 6.45) is 2.26. The highest BCUT2D eigenvalue weighted by atomic mass is 16.3. The molecule has 68 valence electrons. The van der Waals surface area contributed by atoms with Gasteiger partial charge in [0.2, 0.25) is 0 Å². The maximum absolute atomic E-state index is 8.64. The van der Waals surface area contributed by atoms with E-state index in [-0.39, 0.29) is 0 Å². The number of rotatable bonds is 4. The Labute approximate surface area is 74.6 Å². The molecule has 2 heteroatoms. The summed E-state index contributed by atoms with van der Waals surface area (Å²) in [7, 11) is 0. The first-order valence-corrected chi connectivity index (χ1v) is 4.59. The van der Waals surface area contributed by atoms with Crippen LogP contribution in [0.4, 0.5) is 0 Å². The van der Waals surface area contributed by atoms with Crippen molar-refractivity contribution in [1.29, 1.82) is 0 Å². The molecule has 0 amide bonds. The van der Waals surface area contributed by atoms with E-state index in [1.165, 1.54) is 6.42 Å². The first kappa shape index (κ1) is 9.57. The van der Waals surface area contributed by atoms with E-state index in [0.29, 0.717) is 6.61 Å². The Morgan fingerprint density at radius 3 is 2.83 bits per heavy atom. The number of hydrogen-bond donors (Lipinski definition) is 1. The minimum Gasteiger partial charge on any atom is -0.395 e. The van der Waals surface area contributed by atoms with Crippen molar-refractivity contribution < 1.29 is 5.11 Å². The highest BCUT2D eigenvalue weighted by Gasteiger charge is 2.24. The van der Waals surface area contributed by atoms with Crippen LogP contribution in [0.25, 0.3) is 0 Å². The SMILES string of the molecule is CC#CCCC1CN(CCO)C1. The minimum absolute atomic E-state index is 0.293. The van der Waals surface area contributed by atoms with Gasteiger partial charge in [-0.1, -0.05) is 0 Å². The monoisotopic (exact) mass is 167 g/mol. The van der Waals surface area contributed by atoms with Crippen LogP contribution in [0.3, 0.4) is 0 Å². The molecule has 0 spiro atoms. The molecule has 0 aromatic rings. The van der Waals surface area contributed by atoms with Crippen LogP contribution in [0.5, 0.6) is 0 Å². The van der Waals surface area contributed by atoms with Crippen LogP contribution in [0.2, 0.25) is 0 Å². The summed E-state index contributed by atoms with van der Waals surface area (Å²) < 4.78 is 0. The van der Waals surface area contributed by atoms with E-state index in [2.05, 4.69) is 16.7 Å². The number of nitrogens with zero attached hydrogens (tertiary/aromatic N) is 1. The minimum atomic E-state index is 0.293. The Balaban J connectivity index is 1.97.